The van der Waals surface area contributed by atoms with Crippen LogP contribution in [0.15, 0.2) is 41.5 Å². The number of carboxylic acids is 1. The van der Waals surface area contributed by atoms with Crippen molar-refractivity contribution in [3.8, 4) is 11.8 Å². The van der Waals surface area contributed by atoms with Crippen LogP contribution in [0.4, 0.5) is 0 Å². The van der Waals surface area contributed by atoms with Crippen molar-refractivity contribution in [2.75, 3.05) is 14.2 Å². The van der Waals surface area contributed by atoms with E-state index in [-0.39, 0.29) is 11.6 Å². The van der Waals surface area contributed by atoms with Gasteiger partial charge in [0.25, 0.3) is 5.56 Å². The number of rotatable bonds is 9. The van der Waals surface area contributed by atoms with Crippen LogP contribution in [-0.4, -0.2) is 50.2 Å². The Hall–Kier alpha value is -3.97. The number of hydrogen-bond donors (Lipinski definition) is 1. The minimum Gasteiger partial charge on any atom is -0.489 e. The maximum Gasteiger partial charge on any atom is 0.358 e. The molecule has 184 valence electrons. The maximum atomic E-state index is 12.9. The number of methoxy groups -OCH3 is 2. The highest BCUT2D eigenvalue weighted by molar-refractivity contribution is 5.88. The summed E-state index contributed by atoms with van der Waals surface area (Å²) in [6.07, 6.45) is 3.58. The van der Waals surface area contributed by atoms with Gasteiger partial charge in [0.1, 0.15) is 5.82 Å². The van der Waals surface area contributed by atoms with Gasteiger partial charge in [-0.15, -0.1) is 0 Å². The number of carbonyl (C=O) groups is 1. The van der Waals surface area contributed by atoms with E-state index < -0.39 is 34.7 Å². The van der Waals surface area contributed by atoms with Crippen molar-refractivity contribution in [3.05, 3.63) is 75.2 Å². The lowest BCUT2D eigenvalue weighted by Crippen LogP contribution is -2.30. The summed E-state index contributed by atoms with van der Waals surface area (Å²) in [6, 6.07) is 9.40. The second-order valence-corrected chi connectivity index (χ2v) is 8.92. The van der Waals surface area contributed by atoms with Crippen LogP contribution in [0.25, 0.3) is 0 Å². The molecule has 0 saturated carbocycles. The number of ether oxygens (including phenoxy) is 2. The lowest BCUT2D eigenvalue weighted by Gasteiger charge is -2.26. The molecule has 10 nitrogen and oxygen atoms in total. The third kappa shape index (κ3) is 5.10. The van der Waals surface area contributed by atoms with Gasteiger partial charge in [0.05, 0.1) is 37.1 Å². The molecule has 0 saturated heterocycles. The standard InChI is InChI=1S/C25H29N5O5/c1-15(22-28-20(24(32)33)21(34-5)23(31)29(22)4)19(18-10-8-7-9-16(18)11-26)17-12-27-30(13-17)14-25(2,3)35-6/h7-10,12-13,15,19H,14H2,1-6H3,(H,32,33). The van der Waals surface area contributed by atoms with Gasteiger partial charge in [-0.1, -0.05) is 25.1 Å². The summed E-state index contributed by atoms with van der Waals surface area (Å²) >= 11 is 0. The Morgan fingerprint density at radius 1 is 1.29 bits per heavy atom. The first-order chi connectivity index (χ1) is 16.5. The summed E-state index contributed by atoms with van der Waals surface area (Å²) in [5.41, 5.74) is 0.455. The Labute approximate surface area is 203 Å². The Bertz CT molecular complexity index is 1330. The number of aromatic nitrogens is 4. The van der Waals surface area contributed by atoms with E-state index in [2.05, 4.69) is 16.2 Å². The van der Waals surface area contributed by atoms with Crippen molar-refractivity contribution in [2.45, 2.75) is 44.8 Å². The molecule has 2 aromatic heterocycles. The van der Waals surface area contributed by atoms with Crippen molar-refractivity contribution in [1.82, 2.24) is 19.3 Å². The molecule has 0 amide bonds. The zero-order valence-corrected chi connectivity index (χ0v) is 20.6. The average molecular weight is 480 g/mol. The van der Waals surface area contributed by atoms with Gasteiger partial charge < -0.3 is 14.6 Å². The summed E-state index contributed by atoms with van der Waals surface area (Å²) in [5, 5.41) is 23.9. The average Bonchev–Trinajstić information content (AvgIpc) is 3.27. The normalized spacial score (nSPS) is 13.2. The summed E-state index contributed by atoms with van der Waals surface area (Å²) in [7, 11) is 4.39. The number of nitriles is 1. The van der Waals surface area contributed by atoms with Crippen molar-refractivity contribution in [1.29, 1.82) is 5.26 Å². The molecule has 35 heavy (non-hydrogen) atoms. The van der Waals surface area contributed by atoms with E-state index in [0.717, 1.165) is 11.1 Å². The molecule has 2 unspecified atom stereocenters. The molecule has 0 aliphatic heterocycles. The highest BCUT2D eigenvalue weighted by atomic mass is 16.5. The molecule has 10 heteroatoms. The second kappa shape index (κ2) is 10.1. The number of hydrogen-bond acceptors (Lipinski definition) is 7. The van der Waals surface area contributed by atoms with Crippen LogP contribution >= 0.6 is 0 Å². The van der Waals surface area contributed by atoms with Gasteiger partial charge in [-0.2, -0.15) is 10.4 Å². The first-order valence-corrected chi connectivity index (χ1v) is 11.0. The van der Waals surface area contributed by atoms with Gasteiger partial charge in [0, 0.05) is 32.2 Å². The predicted octanol–water partition coefficient (Wildman–Crippen LogP) is 2.92. The number of carboxylic acid groups (broad SMARTS) is 1. The van der Waals surface area contributed by atoms with Crippen molar-refractivity contribution < 1.29 is 19.4 Å². The summed E-state index contributed by atoms with van der Waals surface area (Å²) < 4.78 is 13.6. The van der Waals surface area contributed by atoms with Crippen LogP contribution in [0.5, 0.6) is 5.75 Å². The van der Waals surface area contributed by atoms with Gasteiger partial charge in [-0.3, -0.25) is 14.0 Å². The van der Waals surface area contributed by atoms with E-state index in [0.29, 0.717) is 12.1 Å². The van der Waals surface area contributed by atoms with Gasteiger partial charge in [0.2, 0.25) is 5.75 Å². The highest BCUT2D eigenvalue weighted by Gasteiger charge is 2.32. The van der Waals surface area contributed by atoms with Crippen LogP contribution in [0.2, 0.25) is 0 Å². The molecule has 0 aliphatic rings. The minimum absolute atomic E-state index is 0.246. The van der Waals surface area contributed by atoms with E-state index in [1.807, 2.05) is 39.1 Å². The molecule has 3 aromatic rings. The van der Waals surface area contributed by atoms with E-state index in [9.17, 15) is 20.0 Å². The number of nitrogens with zero attached hydrogens (tertiary/aromatic N) is 5. The zero-order chi connectivity index (χ0) is 25.9. The highest BCUT2D eigenvalue weighted by Crippen LogP contribution is 2.39. The topological polar surface area (TPSA) is 132 Å². The summed E-state index contributed by atoms with van der Waals surface area (Å²) in [4.78, 5) is 29.1. The lowest BCUT2D eigenvalue weighted by atomic mass is 9.80. The quantitative estimate of drug-likeness (QED) is 0.495. The van der Waals surface area contributed by atoms with Gasteiger partial charge >= 0.3 is 5.97 Å². The molecule has 2 atom stereocenters. The fraction of sp³-hybridized carbons (Fsp3) is 0.400. The van der Waals surface area contributed by atoms with E-state index in [1.54, 1.807) is 30.1 Å². The molecule has 0 spiro atoms. The predicted molar refractivity (Wildman–Crippen MR) is 128 cm³/mol. The molecule has 1 aromatic carbocycles. The molecule has 1 N–H and O–H groups in total. The summed E-state index contributed by atoms with van der Waals surface area (Å²) in [5.74, 6) is -2.40. The molecule has 0 bridgehead atoms. The molecule has 0 aliphatic carbocycles. The number of aromatic carboxylic acids is 1. The lowest BCUT2D eigenvalue weighted by molar-refractivity contribution is 0.00539. The molecular formula is C25H29N5O5. The van der Waals surface area contributed by atoms with E-state index >= 15 is 0 Å². The van der Waals surface area contributed by atoms with Crippen molar-refractivity contribution in [2.24, 2.45) is 7.05 Å². The Kier molecular flexibility index (Phi) is 7.41. The first-order valence-electron chi connectivity index (χ1n) is 11.0. The molecule has 3 rings (SSSR count). The molecule has 0 radical (unpaired) electrons. The number of benzene rings is 1. The Morgan fingerprint density at radius 3 is 2.57 bits per heavy atom. The molecular weight excluding hydrogens is 450 g/mol. The van der Waals surface area contributed by atoms with Crippen LogP contribution < -0.4 is 10.3 Å². The zero-order valence-electron chi connectivity index (χ0n) is 20.6. The minimum atomic E-state index is -1.36. The smallest absolute Gasteiger partial charge is 0.358 e. The van der Waals surface area contributed by atoms with Gasteiger partial charge in [-0.05, 0) is 31.0 Å². The maximum absolute atomic E-state index is 12.9. The third-order valence-electron chi connectivity index (χ3n) is 6.12. The molecule has 0 fully saturated rings. The first kappa shape index (κ1) is 25.6. The SMILES string of the molecule is COc1c(C(=O)O)nc(C(C)C(c2cnn(CC(C)(C)OC)c2)c2ccccc2C#N)n(C)c1=O. The Morgan fingerprint density at radius 2 is 1.97 bits per heavy atom. The van der Waals surface area contributed by atoms with E-state index in [4.69, 9.17) is 9.47 Å². The third-order valence-corrected chi connectivity index (χ3v) is 6.12. The fourth-order valence-corrected chi connectivity index (χ4v) is 4.17. The van der Waals surface area contributed by atoms with Crippen LogP contribution in [0.1, 0.15) is 65.6 Å². The van der Waals surface area contributed by atoms with Crippen LogP contribution in [0, 0.1) is 11.3 Å². The van der Waals surface area contributed by atoms with Gasteiger partial charge in [-0.25, -0.2) is 9.78 Å². The van der Waals surface area contributed by atoms with Crippen molar-refractivity contribution >= 4 is 5.97 Å². The molecule has 2 heterocycles. The second-order valence-electron chi connectivity index (χ2n) is 8.92. The Balaban J connectivity index is 2.22. The largest absolute Gasteiger partial charge is 0.489 e. The fourth-order valence-electron chi connectivity index (χ4n) is 4.17. The van der Waals surface area contributed by atoms with Crippen LogP contribution in [0.3, 0.4) is 0 Å². The summed E-state index contributed by atoms with van der Waals surface area (Å²) in [6.45, 7) is 6.23. The monoisotopic (exact) mass is 479 g/mol. The van der Waals surface area contributed by atoms with E-state index in [1.165, 1.54) is 18.7 Å². The van der Waals surface area contributed by atoms with Gasteiger partial charge in [0.15, 0.2) is 5.69 Å². The van der Waals surface area contributed by atoms with Crippen LogP contribution in [-0.2, 0) is 18.3 Å². The van der Waals surface area contributed by atoms with Crippen molar-refractivity contribution in [3.63, 3.8) is 0 Å².